The van der Waals surface area contributed by atoms with Gasteiger partial charge in [-0.1, -0.05) is 6.92 Å². The van der Waals surface area contributed by atoms with Gasteiger partial charge in [0.1, 0.15) is 11.6 Å². The molecular formula is C14H24N4. The first kappa shape index (κ1) is 12.2. The molecule has 0 radical (unpaired) electrons. The molecule has 0 aliphatic carbocycles. The van der Waals surface area contributed by atoms with E-state index in [0.717, 1.165) is 18.9 Å². The average molecular weight is 248 g/mol. The Morgan fingerprint density at radius 1 is 1.17 bits per heavy atom. The Bertz CT molecular complexity index is 423. The summed E-state index contributed by atoms with van der Waals surface area (Å²) >= 11 is 0. The first-order valence-electron chi connectivity index (χ1n) is 7.34. The molecule has 1 fully saturated rings. The van der Waals surface area contributed by atoms with Crippen LogP contribution in [-0.2, 0) is 13.0 Å². The van der Waals surface area contributed by atoms with Gasteiger partial charge in [0.05, 0.1) is 6.04 Å². The molecule has 0 saturated carbocycles. The lowest BCUT2D eigenvalue weighted by Crippen LogP contribution is -2.32. The van der Waals surface area contributed by atoms with Crippen LogP contribution in [0.1, 0.15) is 57.7 Å². The molecule has 0 bridgehead atoms. The molecule has 0 amide bonds. The number of aromatic nitrogens is 3. The van der Waals surface area contributed by atoms with Crippen molar-refractivity contribution in [2.24, 2.45) is 5.92 Å². The van der Waals surface area contributed by atoms with Crippen molar-refractivity contribution in [2.75, 3.05) is 6.54 Å². The van der Waals surface area contributed by atoms with Gasteiger partial charge in [-0.05, 0) is 45.6 Å². The van der Waals surface area contributed by atoms with Crippen LogP contribution in [0.2, 0.25) is 0 Å². The van der Waals surface area contributed by atoms with E-state index in [0.29, 0.717) is 12.1 Å². The molecular weight excluding hydrogens is 224 g/mol. The SMILES string of the molecule is CC1CCn2c(nnc2C2CCCN2C(C)C)C1. The summed E-state index contributed by atoms with van der Waals surface area (Å²) in [7, 11) is 0. The van der Waals surface area contributed by atoms with Crippen LogP contribution < -0.4 is 0 Å². The Kier molecular flexibility index (Phi) is 3.14. The van der Waals surface area contributed by atoms with E-state index in [1.54, 1.807) is 0 Å². The number of nitrogens with zero attached hydrogens (tertiary/aromatic N) is 4. The van der Waals surface area contributed by atoms with E-state index in [2.05, 4.69) is 40.4 Å². The minimum atomic E-state index is 0.500. The third-order valence-electron chi connectivity index (χ3n) is 4.49. The maximum absolute atomic E-state index is 4.52. The molecule has 1 aromatic rings. The molecule has 3 heterocycles. The standard InChI is InChI=1S/C14H24N4/c1-10(2)17-7-4-5-12(17)14-16-15-13-9-11(3)6-8-18(13)14/h10-12H,4-9H2,1-3H3. The number of rotatable bonds is 2. The largest absolute Gasteiger partial charge is 0.314 e. The summed E-state index contributed by atoms with van der Waals surface area (Å²) in [6.07, 6.45) is 4.90. The molecule has 4 nitrogen and oxygen atoms in total. The van der Waals surface area contributed by atoms with Crippen LogP contribution in [0, 0.1) is 5.92 Å². The highest BCUT2D eigenvalue weighted by Gasteiger charge is 2.33. The highest BCUT2D eigenvalue weighted by molar-refractivity contribution is 5.06. The van der Waals surface area contributed by atoms with Gasteiger partial charge >= 0.3 is 0 Å². The Morgan fingerprint density at radius 3 is 2.78 bits per heavy atom. The van der Waals surface area contributed by atoms with Crippen LogP contribution in [0.4, 0.5) is 0 Å². The lowest BCUT2D eigenvalue weighted by Gasteiger charge is -2.29. The fourth-order valence-electron chi connectivity index (χ4n) is 3.44. The van der Waals surface area contributed by atoms with Crippen molar-refractivity contribution < 1.29 is 0 Å². The predicted octanol–water partition coefficient (Wildman–Crippen LogP) is 2.41. The minimum Gasteiger partial charge on any atom is -0.314 e. The molecule has 1 aromatic heterocycles. The highest BCUT2D eigenvalue weighted by Crippen LogP contribution is 2.34. The third kappa shape index (κ3) is 1.96. The van der Waals surface area contributed by atoms with Gasteiger partial charge in [0.15, 0.2) is 0 Å². The van der Waals surface area contributed by atoms with Crippen LogP contribution in [0.25, 0.3) is 0 Å². The number of hydrogen-bond donors (Lipinski definition) is 0. The third-order valence-corrected chi connectivity index (χ3v) is 4.49. The van der Waals surface area contributed by atoms with E-state index >= 15 is 0 Å². The Hall–Kier alpha value is -0.900. The molecule has 100 valence electrons. The van der Waals surface area contributed by atoms with Gasteiger partial charge in [-0.15, -0.1) is 10.2 Å². The van der Waals surface area contributed by atoms with Crippen LogP contribution in [0.3, 0.4) is 0 Å². The van der Waals surface area contributed by atoms with Gasteiger partial charge in [0, 0.05) is 19.0 Å². The van der Waals surface area contributed by atoms with Gasteiger partial charge in [0.25, 0.3) is 0 Å². The van der Waals surface area contributed by atoms with Gasteiger partial charge in [0.2, 0.25) is 0 Å². The Balaban J connectivity index is 1.89. The predicted molar refractivity (Wildman–Crippen MR) is 71.3 cm³/mol. The molecule has 3 rings (SSSR count). The first-order valence-corrected chi connectivity index (χ1v) is 7.34. The minimum absolute atomic E-state index is 0.500. The molecule has 0 N–H and O–H groups in total. The average Bonchev–Trinajstić information content (AvgIpc) is 2.92. The van der Waals surface area contributed by atoms with Gasteiger partial charge < -0.3 is 4.57 Å². The summed E-state index contributed by atoms with van der Waals surface area (Å²) in [5.74, 6) is 3.20. The first-order chi connectivity index (χ1) is 8.66. The summed E-state index contributed by atoms with van der Waals surface area (Å²) in [5.41, 5.74) is 0. The maximum atomic E-state index is 4.52. The second-order valence-electron chi connectivity index (χ2n) is 6.21. The van der Waals surface area contributed by atoms with E-state index in [9.17, 15) is 0 Å². The zero-order chi connectivity index (χ0) is 12.7. The summed E-state index contributed by atoms with van der Waals surface area (Å²) in [6, 6.07) is 1.10. The zero-order valence-electron chi connectivity index (χ0n) is 11.8. The zero-order valence-corrected chi connectivity index (χ0v) is 11.8. The van der Waals surface area contributed by atoms with E-state index < -0.39 is 0 Å². The van der Waals surface area contributed by atoms with Crippen molar-refractivity contribution in [3.05, 3.63) is 11.6 Å². The van der Waals surface area contributed by atoms with Crippen LogP contribution in [0.15, 0.2) is 0 Å². The number of hydrogen-bond acceptors (Lipinski definition) is 3. The maximum Gasteiger partial charge on any atom is 0.150 e. The van der Waals surface area contributed by atoms with Gasteiger partial charge in [-0.2, -0.15) is 0 Å². The van der Waals surface area contributed by atoms with Crippen molar-refractivity contribution in [3.63, 3.8) is 0 Å². The molecule has 1 saturated heterocycles. The summed E-state index contributed by atoms with van der Waals surface area (Å²) in [6.45, 7) is 9.21. The number of likely N-dealkylation sites (tertiary alicyclic amines) is 1. The molecule has 2 aliphatic heterocycles. The van der Waals surface area contributed by atoms with Crippen molar-refractivity contribution in [1.29, 1.82) is 0 Å². The Morgan fingerprint density at radius 2 is 2.00 bits per heavy atom. The quantitative estimate of drug-likeness (QED) is 0.806. The monoisotopic (exact) mass is 248 g/mol. The summed E-state index contributed by atoms with van der Waals surface area (Å²) in [5, 5.41) is 8.95. The smallest absolute Gasteiger partial charge is 0.150 e. The molecule has 2 unspecified atom stereocenters. The van der Waals surface area contributed by atoms with Crippen LogP contribution in [0.5, 0.6) is 0 Å². The van der Waals surface area contributed by atoms with Crippen molar-refractivity contribution in [1.82, 2.24) is 19.7 Å². The van der Waals surface area contributed by atoms with E-state index in [4.69, 9.17) is 0 Å². The fraction of sp³-hybridized carbons (Fsp3) is 0.857. The summed E-state index contributed by atoms with van der Waals surface area (Å²) < 4.78 is 2.39. The highest BCUT2D eigenvalue weighted by atomic mass is 15.3. The lowest BCUT2D eigenvalue weighted by molar-refractivity contribution is 0.192. The fourth-order valence-corrected chi connectivity index (χ4v) is 3.44. The van der Waals surface area contributed by atoms with Gasteiger partial charge in [-0.25, -0.2) is 0 Å². The van der Waals surface area contributed by atoms with E-state index in [1.165, 1.54) is 37.5 Å². The van der Waals surface area contributed by atoms with Crippen LogP contribution in [-0.4, -0.2) is 32.3 Å². The van der Waals surface area contributed by atoms with Crippen molar-refractivity contribution >= 4 is 0 Å². The van der Waals surface area contributed by atoms with Gasteiger partial charge in [-0.3, -0.25) is 4.90 Å². The number of fused-ring (bicyclic) bond motifs is 1. The topological polar surface area (TPSA) is 34.0 Å². The second kappa shape index (κ2) is 4.65. The van der Waals surface area contributed by atoms with Crippen LogP contribution >= 0.6 is 0 Å². The second-order valence-corrected chi connectivity index (χ2v) is 6.21. The normalized spacial score (nSPS) is 28.9. The van der Waals surface area contributed by atoms with Crippen molar-refractivity contribution in [2.45, 2.75) is 65.1 Å². The molecule has 2 atom stereocenters. The van der Waals surface area contributed by atoms with Crippen molar-refractivity contribution in [3.8, 4) is 0 Å². The lowest BCUT2D eigenvalue weighted by atomic mass is 10.00. The van der Waals surface area contributed by atoms with E-state index in [1.807, 2.05) is 0 Å². The molecule has 0 aromatic carbocycles. The molecule has 2 aliphatic rings. The van der Waals surface area contributed by atoms with E-state index in [-0.39, 0.29) is 0 Å². The Labute approximate surface area is 109 Å². The molecule has 4 heteroatoms. The molecule has 18 heavy (non-hydrogen) atoms. The molecule has 0 spiro atoms. The summed E-state index contributed by atoms with van der Waals surface area (Å²) in [4.78, 5) is 2.58.